The Bertz CT molecular complexity index is 605. The number of anilines is 1. The molecule has 0 aliphatic heterocycles. The van der Waals surface area contributed by atoms with Crippen LogP contribution in [0.1, 0.15) is 26.3 Å². The molecule has 1 rings (SSSR count). The van der Waals surface area contributed by atoms with Gasteiger partial charge in [-0.25, -0.2) is 4.79 Å². The second-order valence-corrected chi connectivity index (χ2v) is 7.58. The SMILES string of the molecule is CCOC(=O)C(NC(=O)C(N)Cc1ccc(N(CCCl)CCCl)cc1)C(C)C. The first kappa shape index (κ1) is 24.5. The molecule has 0 heterocycles. The summed E-state index contributed by atoms with van der Waals surface area (Å²) in [4.78, 5) is 26.5. The van der Waals surface area contributed by atoms with Crippen molar-refractivity contribution in [2.45, 2.75) is 39.3 Å². The molecule has 28 heavy (non-hydrogen) atoms. The lowest BCUT2D eigenvalue weighted by Crippen LogP contribution is -2.51. The lowest BCUT2D eigenvalue weighted by atomic mass is 10.0. The van der Waals surface area contributed by atoms with Crippen molar-refractivity contribution in [1.82, 2.24) is 5.32 Å². The van der Waals surface area contributed by atoms with Gasteiger partial charge in [0, 0.05) is 30.5 Å². The lowest BCUT2D eigenvalue weighted by molar-refractivity contribution is -0.148. The average Bonchev–Trinajstić information content (AvgIpc) is 2.66. The van der Waals surface area contributed by atoms with E-state index in [4.69, 9.17) is 33.7 Å². The molecule has 0 aliphatic rings. The van der Waals surface area contributed by atoms with Crippen LogP contribution in [0.4, 0.5) is 5.69 Å². The second-order valence-electron chi connectivity index (χ2n) is 6.82. The van der Waals surface area contributed by atoms with E-state index in [1.165, 1.54) is 0 Å². The van der Waals surface area contributed by atoms with Crippen LogP contribution in [-0.2, 0) is 20.7 Å². The number of alkyl halides is 2. The Kier molecular flexibility index (Phi) is 11.3. The normalized spacial score (nSPS) is 13.1. The van der Waals surface area contributed by atoms with Crippen molar-refractivity contribution >= 4 is 40.8 Å². The van der Waals surface area contributed by atoms with Crippen LogP contribution in [0.15, 0.2) is 24.3 Å². The molecule has 8 heteroatoms. The summed E-state index contributed by atoms with van der Waals surface area (Å²) in [5.74, 6) is 0.120. The third kappa shape index (κ3) is 7.86. The first-order valence-electron chi connectivity index (χ1n) is 9.52. The van der Waals surface area contributed by atoms with Crippen molar-refractivity contribution < 1.29 is 14.3 Å². The summed E-state index contributed by atoms with van der Waals surface area (Å²) >= 11 is 11.7. The zero-order chi connectivity index (χ0) is 21.1. The molecule has 2 atom stereocenters. The number of nitrogens with one attached hydrogen (secondary N) is 1. The van der Waals surface area contributed by atoms with Crippen LogP contribution in [0.2, 0.25) is 0 Å². The number of hydrogen-bond donors (Lipinski definition) is 2. The van der Waals surface area contributed by atoms with Gasteiger partial charge in [-0.1, -0.05) is 26.0 Å². The van der Waals surface area contributed by atoms with Crippen molar-refractivity contribution in [3.8, 4) is 0 Å². The first-order valence-corrected chi connectivity index (χ1v) is 10.6. The highest BCUT2D eigenvalue weighted by molar-refractivity contribution is 6.18. The quantitative estimate of drug-likeness (QED) is 0.392. The molecule has 0 aliphatic carbocycles. The van der Waals surface area contributed by atoms with E-state index < -0.39 is 18.1 Å². The Hall–Kier alpha value is -1.50. The highest BCUT2D eigenvalue weighted by Crippen LogP contribution is 2.16. The largest absolute Gasteiger partial charge is 0.464 e. The molecule has 0 saturated heterocycles. The third-order valence-electron chi connectivity index (χ3n) is 4.31. The van der Waals surface area contributed by atoms with Gasteiger partial charge in [0.2, 0.25) is 5.91 Å². The van der Waals surface area contributed by atoms with Crippen LogP contribution in [-0.4, -0.2) is 55.4 Å². The Morgan fingerprint density at radius 2 is 1.71 bits per heavy atom. The number of esters is 1. The van der Waals surface area contributed by atoms with Crippen LogP contribution in [0.5, 0.6) is 0 Å². The summed E-state index contributed by atoms with van der Waals surface area (Å²) in [6.07, 6.45) is 0.366. The van der Waals surface area contributed by atoms with Gasteiger partial charge in [-0.2, -0.15) is 0 Å². The summed E-state index contributed by atoms with van der Waals surface area (Å²) in [5, 5.41) is 2.71. The van der Waals surface area contributed by atoms with Gasteiger partial charge in [-0.15, -0.1) is 23.2 Å². The Morgan fingerprint density at radius 1 is 1.14 bits per heavy atom. The summed E-state index contributed by atoms with van der Waals surface area (Å²) < 4.78 is 5.02. The maximum absolute atomic E-state index is 12.4. The maximum Gasteiger partial charge on any atom is 0.328 e. The van der Waals surface area contributed by atoms with Gasteiger partial charge in [0.25, 0.3) is 0 Å². The molecule has 158 valence electrons. The molecule has 0 radical (unpaired) electrons. The molecule has 1 aromatic carbocycles. The molecule has 3 N–H and O–H groups in total. The van der Waals surface area contributed by atoms with Gasteiger partial charge < -0.3 is 20.7 Å². The number of nitrogens with zero attached hydrogens (tertiary/aromatic N) is 1. The zero-order valence-corrected chi connectivity index (χ0v) is 18.3. The Morgan fingerprint density at radius 3 is 2.18 bits per heavy atom. The van der Waals surface area contributed by atoms with Gasteiger partial charge in [0.15, 0.2) is 0 Å². The summed E-state index contributed by atoms with van der Waals surface area (Å²) in [6, 6.07) is 6.33. The fraction of sp³-hybridized carbons (Fsp3) is 0.600. The fourth-order valence-corrected chi connectivity index (χ4v) is 3.16. The van der Waals surface area contributed by atoms with Gasteiger partial charge in [-0.3, -0.25) is 4.79 Å². The van der Waals surface area contributed by atoms with Gasteiger partial charge in [0.1, 0.15) is 6.04 Å². The van der Waals surface area contributed by atoms with E-state index >= 15 is 0 Å². The topological polar surface area (TPSA) is 84.7 Å². The molecule has 2 unspecified atom stereocenters. The molecular formula is C20H31Cl2N3O3. The number of ether oxygens (including phenoxy) is 1. The number of amides is 1. The minimum atomic E-state index is -0.761. The fourth-order valence-electron chi connectivity index (χ4n) is 2.75. The van der Waals surface area contributed by atoms with Crippen molar-refractivity contribution in [3.05, 3.63) is 29.8 Å². The Labute approximate surface area is 177 Å². The highest BCUT2D eigenvalue weighted by Gasteiger charge is 2.27. The van der Waals surface area contributed by atoms with E-state index in [1.54, 1.807) is 6.92 Å². The molecule has 1 amide bonds. The minimum absolute atomic E-state index is 0.0932. The summed E-state index contributed by atoms with van der Waals surface area (Å²) in [6.45, 7) is 7.10. The van der Waals surface area contributed by atoms with Gasteiger partial charge in [0.05, 0.1) is 12.6 Å². The third-order valence-corrected chi connectivity index (χ3v) is 4.65. The number of carbonyl (C=O) groups is 2. The highest BCUT2D eigenvalue weighted by atomic mass is 35.5. The number of carbonyl (C=O) groups excluding carboxylic acids is 2. The molecule has 0 bridgehead atoms. The summed E-state index contributed by atoms with van der Waals surface area (Å²) in [7, 11) is 0. The van der Waals surface area contributed by atoms with Gasteiger partial charge >= 0.3 is 5.97 Å². The molecule has 0 aromatic heterocycles. The Balaban J connectivity index is 2.71. The van der Waals surface area contributed by atoms with Crippen molar-refractivity contribution in [2.75, 3.05) is 36.4 Å². The van der Waals surface area contributed by atoms with Gasteiger partial charge in [-0.05, 0) is 37.0 Å². The predicted octanol–water partition coefficient (Wildman–Crippen LogP) is 2.54. The first-order chi connectivity index (χ1) is 13.3. The lowest BCUT2D eigenvalue weighted by Gasteiger charge is -2.24. The zero-order valence-electron chi connectivity index (χ0n) is 16.8. The smallest absolute Gasteiger partial charge is 0.328 e. The minimum Gasteiger partial charge on any atom is -0.464 e. The number of benzene rings is 1. The molecule has 0 saturated carbocycles. The van der Waals surface area contributed by atoms with E-state index in [1.807, 2.05) is 38.1 Å². The monoisotopic (exact) mass is 431 g/mol. The molecule has 0 spiro atoms. The van der Waals surface area contributed by atoms with Crippen LogP contribution in [0.3, 0.4) is 0 Å². The molecule has 0 fully saturated rings. The number of nitrogens with two attached hydrogens (primary N) is 1. The van der Waals surface area contributed by atoms with E-state index in [9.17, 15) is 9.59 Å². The van der Waals surface area contributed by atoms with Crippen molar-refractivity contribution in [3.63, 3.8) is 0 Å². The van der Waals surface area contributed by atoms with Crippen LogP contribution in [0.25, 0.3) is 0 Å². The maximum atomic E-state index is 12.4. The van der Waals surface area contributed by atoms with Crippen LogP contribution >= 0.6 is 23.2 Å². The van der Waals surface area contributed by atoms with E-state index in [-0.39, 0.29) is 18.4 Å². The van der Waals surface area contributed by atoms with E-state index in [0.717, 1.165) is 11.3 Å². The molecule has 1 aromatic rings. The molecule has 6 nitrogen and oxygen atoms in total. The van der Waals surface area contributed by atoms with E-state index in [2.05, 4.69) is 10.2 Å². The summed E-state index contributed by atoms with van der Waals surface area (Å²) in [5.41, 5.74) is 8.01. The van der Waals surface area contributed by atoms with Crippen LogP contribution < -0.4 is 16.0 Å². The predicted molar refractivity (Wildman–Crippen MR) is 115 cm³/mol. The average molecular weight is 432 g/mol. The van der Waals surface area contributed by atoms with E-state index in [0.29, 0.717) is 31.3 Å². The number of halogens is 2. The van der Waals surface area contributed by atoms with Crippen molar-refractivity contribution in [2.24, 2.45) is 11.7 Å². The standard InChI is InChI=1S/C20H31Cl2N3O3/c1-4-28-20(27)18(14(2)3)24-19(26)17(23)13-15-5-7-16(8-6-15)25(11-9-21)12-10-22/h5-8,14,17-18H,4,9-13,23H2,1-3H3,(H,24,26). The molecular weight excluding hydrogens is 401 g/mol. The van der Waals surface area contributed by atoms with Crippen LogP contribution in [0, 0.1) is 5.92 Å². The number of rotatable bonds is 12. The second kappa shape index (κ2) is 12.9. The van der Waals surface area contributed by atoms with Crippen molar-refractivity contribution in [1.29, 1.82) is 0 Å². The number of hydrogen-bond acceptors (Lipinski definition) is 5.